The summed E-state index contributed by atoms with van der Waals surface area (Å²) in [5.74, 6) is 0. The molecule has 0 aliphatic rings. The Kier molecular flexibility index (Phi) is 2.79. The summed E-state index contributed by atoms with van der Waals surface area (Å²) in [7, 11) is 0. The average molecular weight is 271 g/mol. The first-order valence-corrected chi connectivity index (χ1v) is 5.68. The Hall–Kier alpha value is -0.940. The topological polar surface area (TPSA) is 34.9 Å². The molecule has 2 heterocycles. The van der Waals surface area contributed by atoms with Gasteiger partial charge in [-0.05, 0) is 33.4 Å². The monoisotopic (exact) mass is 270 g/mol. The molecule has 0 atom stereocenters. The summed E-state index contributed by atoms with van der Waals surface area (Å²) < 4.78 is 2.62. The van der Waals surface area contributed by atoms with Crippen molar-refractivity contribution in [3.8, 4) is 0 Å². The lowest BCUT2D eigenvalue weighted by molar-refractivity contribution is 0.734. The quantitative estimate of drug-likeness (QED) is 0.838. The second kappa shape index (κ2) is 4.06. The number of hydrogen-bond donors (Lipinski definition) is 0. The van der Waals surface area contributed by atoms with Crippen molar-refractivity contribution in [3.63, 3.8) is 0 Å². The largest absolute Gasteiger partial charge is 0.347 e. The molecule has 3 nitrogen and oxygen atoms in total. The summed E-state index contributed by atoms with van der Waals surface area (Å²) in [6.45, 7) is 0.574. The fourth-order valence-electron chi connectivity index (χ4n) is 1.10. The zero-order valence-electron chi connectivity index (χ0n) is 7.18. The molecule has 0 aliphatic carbocycles. The van der Waals surface area contributed by atoms with Crippen LogP contribution in [0.25, 0.3) is 0 Å². The van der Waals surface area contributed by atoms with Crippen molar-refractivity contribution in [3.05, 3.63) is 49.7 Å². The van der Waals surface area contributed by atoms with Crippen LogP contribution < -0.4 is 5.69 Å². The van der Waals surface area contributed by atoms with E-state index in [0.29, 0.717) is 6.54 Å². The number of halogens is 1. The van der Waals surface area contributed by atoms with Crippen LogP contribution in [-0.4, -0.2) is 9.55 Å². The zero-order chi connectivity index (χ0) is 9.97. The Morgan fingerprint density at radius 2 is 2.43 bits per heavy atom. The van der Waals surface area contributed by atoms with Gasteiger partial charge in [0.2, 0.25) is 0 Å². The molecule has 2 aromatic heterocycles. The van der Waals surface area contributed by atoms with Crippen LogP contribution in [0, 0.1) is 0 Å². The lowest BCUT2D eigenvalue weighted by Crippen LogP contribution is -2.21. The summed E-state index contributed by atoms with van der Waals surface area (Å²) in [5, 5.41) is 1.99. The second-order valence-electron chi connectivity index (χ2n) is 2.72. The third-order valence-electron chi connectivity index (χ3n) is 1.79. The van der Waals surface area contributed by atoms with Crippen molar-refractivity contribution in [2.24, 2.45) is 0 Å². The molecule has 2 rings (SSSR count). The molecule has 0 aromatic carbocycles. The van der Waals surface area contributed by atoms with Gasteiger partial charge in [0.1, 0.15) is 0 Å². The predicted molar refractivity (Wildman–Crippen MR) is 59.6 cm³/mol. The number of aromatic nitrogens is 2. The van der Waals surface area contributed by atoms with E-state index in [4.69, 9.17) is 0 Å². The number of rotatable bonds is 2. The summed E-state index contributed by atoms with van der Waals surface area (Å²) in [6.07, 6.45) is 3.24. The molecule has 72 valence electrons. The van der Waals surface area contributed by atoms with Crippen LogP contribution in [0.1, 0.15) is 4.88 Å². The summed E-state index contributed by atoms with van der Waals surface area (Å²) in [5.41, 5.74) is -0.215. The molecule has 0 saturated heterocycles. The molecule has 0 amide bonds. The SMILES string of the molecule is O=c1ncccn1Cc1sccc1Br. The van der Waals surface area contributed by atoms with Gasteiger partial charge < -0.3 is 0 Å². The molecule has 0 spiro atoms. The van der Waals surface area contributed by atoms with Gasteiger partial charge in [-0.3, -0.25) is 4.57 Å². The summed E-state index contributed by atoms with van der Waals surface area (Å²) in [4.78, 5) is 16.1. The first-order chi connectivity index (χ1) is 6.77. The maximum Gasteiger partial charge on any atom is 0.347 e. The first kappa shape index (κ1) is 9.61. The van der Waals surface area contributed by atoms with Crippen molar-refractivity contribution in [2.45, 2.75) is 6.54 Å². The lowest BCUT2D eigenvalue weighted by atomic mass is 10.4. The Balaban J connectivity index is 2.32. The van der Waals surface area contributed by atoms with Crippen molar-refractivity contribution >= 4 is 27.3 Å². The van der Waals surface area contributed by atoms with Gasteiger partial charge in [0, 0.05) is 21.7 Å². The highest BCUT2D eigenvalue weighted by Crippen LogP contribution is 2.22. The van der Waals surface area contributed by atoms with Crippen molar-refractivity contribution < 1.29 is 0 Å². The van der Waals surface area contributed by atoms with Crippen LogP contribution >= 0.6 is 27.3 Å². The van der Waals surface area contributed by atoms with E-state index in [1.54, 1.807) is 28.2 Å². The Morgan fingerprint density at radius 1 is 1.57 bits per heavy atom. The minimum atomic E-state index is -0.215. The Labute approximate surface area is 93.2 Å². The van der Waals surface area contributed by atoms with Crippen LogP contribution in [0.3, 0.4) is 0 Å². The van der Waals surface area contributed by atoms with Crippen molar-refractivity contribution in [1.82, 2.24) is 9.55 Å². The molecule has 14 heavy (non-hydrogen) atoms. The average Bonchev–Trinajstić information content (AvgIpc) is 2.56. The van der Waals surface area contributed by atoms with Crippen LogP contribution in [0.15, 0.2) is 39.2 Å². The van der Waals surface area contributed by atoms with Gasteiger partial charge >= 0.3 is 5.69 Å². The van der Waals surface area contributed by atoms with Gasteiger partial charge in [-0.25, -0.2) is 9.78 Å². The van der Waals surface area contributed by atoms with Gasteiger partial charge in [-0.1, -0.05) is 0 Å². The van der Waals surface area contributed by atoms with Crippen LogP contribution in [0.5, 0.6) is 0 Å². The predicted octanol–water partition coefficient (Wildman–Crippen LogP) is 2.12. The van der Waals surface area contributed by atoms with E-state index in [1.807, 2.05) is 11.4 Å². The van der Waals surface area contributed by atoms with Crippen molar-refractivity contribution in [1.29, 1.82) is 0 Å². The maximum atomic E-state index is 11.3. The van der Waals surface area contributed by atoms with E-state index in [2.05, 4.69) is 20.9 Å². The fourth-order valence-corrected chi connectivity index (χ4v) is 2.58. The normalized spacial score (nSPS) is 10.4. The summed E-state index contributed by atoms with van der Waals surface area (Å²) in [6, 6.07) is 3.73. The van der Waals surface area contributed by atoms with Crippen LogP contribution in [0.4, 0.5) is 0 Å². The molecule has 5 heteroatoms. The molecule has 0 saturated carbocycles. The molecular formula is C9H7BrN2OS. The number of hydrogen-bond acceptors (Lipinski definition) is 3. The van der Waals surface area contributed by atoms with E-state index >= 15 is 0 Å². The van der Waals surface area contributed by atoms with Gasteiger partial charge in [-0.15, -0.1) is 11.3 Å². The van der Waals surface area contributed by atoms with Crippen LogP contribution in [-0.2, 0) is 6.54 Å². The minimum Gasteiger partial charge on any atom is -0.294 e. The highest BCUT2D eigenvalue weighted by Gasteiger charge is 2.02. The van der Waals surface area contributed by atoms with E-state index in [-0.39, 0.29) is 5.69 Å². The number of nitrogens with zero attached hydrogens (tertiary/aromatic N) is 2. The van der Waals surface area contributed by atoms with Gasteiger partial charge in [0.25, 0.3) is 0 Å². The van der Waals surface area contributed by atoms with E-state index in [9.17, 15) is 4.79 Å². The molecule has 2 aromatic rings. The second-order valence-corrected chi connectivity index (χ2v) is 4.58. The maximum absolute atomic E-state index is 11.3. The molecule has 0 N–H and O–H groups in total. The highest BCUT2D eigenvalue weighted by molar-refractivity contribution is 9.10. The third kappa shape index (κ3) is 1.93. The van der Waals surface area contributed by atoms with Crippen LogP contribution in [0.2, 0.25) is 0 Å². The van der Waals surface area contributed by atoms with E-state index in [0.717, 1.165) is 9.35 Å². The third-order valence-corrected chi connectivity index (χ3v) is 3.70. The zero-order valence-corrected chi connectivity index (χ0v) is 9.59. The van der Waals surface area contributed by atoms with Gasteiger partial charge in [-0.2, -0.15) is 0 Å². The Morgan fingerprint density at radius 3 is 3.07 bits per heavy atom. The molecule has 0 bridgehead atoms. The van der Waals surface area contributed by atoms with E-state index < -0.39 is 0 Å². The standard InChI is InChI=1S/C9H7BrN2OS/c10-7-2-5-14-8(7)6-12-4-1-3-11-9(12)13/h1-5H,6H2. The molecular weight excluding hydrogens is 264 g/mol. The number of thiophene rings is 1. The van der Waals surface area contributed by atoms with Gasteiger partial charge in [0.05, 0.1) is 6.54 Å². The van der Waals surface area contributed by atoms with Gasteiger partial charge in [0.15, 0.2) is 0 Å². The fraction of sp³-hybridized carbons (Fsp3) is 0.111. The highest BCUT2D eigenvalue weighted by atomic mass is 79.9. The lowest BCUT2D eigenvalue weighted by Gasteiger charge is -2.01. The van der Waals surface area contributed by atoms with E-state index in [1.165, 1.54) is 6.20 Å². The molecule has 0 aliphatic heterocycles. The smallest absolute Gasteiger partial charge is 0.294 e. The minimum absolute atomic E-state index is 0.215. The molecule has 0 fully saturated rings. The molecule has 0 radical (unpaired) electrons. The summed E-state index contributed by atoms with van der Waals surface area (Å²) >= 11 is 5.04. The van der Waals surface area contributed by atoms with Crippen molar-refractivity contribution in [2.75, 3.05) is 0 Å². The molecule has 0 unspecified atom stereocenters. The Bertz CT molecular complexity index is 491. The first-order valence-electron chi connectivity index (χ1n) is 4.01.